The highest BCUT2D eigenvalue weighted by Crippen LogP contribution is 2.50. The van der Waals surface area contributed by atoms with Gasteiger partial charge in [-0.25, -0.2) is 0 Å². The number of aliphatic hydroxyl groups is 1. The van der Waals surface area contributed by atoms with Gasteiger partial charge in [-0.3, -0.25) is 14.5 Å². The van der Waals surface area contributed by atoms with Gasteiger partial charge < -0.3 is 24.2 Å². The Morgan fingerprint density at radius 2 is 1.89 bits per heavy atom. The molecule has 4 atom stereocenters. The van der Waals surface area contributed by atoms with Gasteiger partial charge in [0.1, 0.15) is 5.75 Å². The summed E-state index contributed by atoms with van der Waals surface area (Å²) in [5.41, 5.74) is 2.54. The van der Waals surface area contributed by atoms with Gasteiger partial charge in [0, 0.05) is 74.5 Å². The average Bonchev–Trinajstić information content (AvgIpc) is 3.41. The average molecular weight is 493 g/mol. The lowest BCUT2D eigenvalue weighted by Gasteiger charge is -2.38. The van der Waals surface area contributed by atoms with Gasteiger partial charge in [0.15, 0.2) is 0 Å². The Balaban J connectivity index is 1.58. The van der Waals surface area contributed by atoms with Crippen LogP contribution in [0.25, 0.3) is 6.08 Å². The summed E-state index contributed by atoms with van der Waals surface area (Å²) >= 11 is 0. The second-order valence-electron chi connectivity index (χ2n) is 10.1. The zero-order valence-corrected chi connectivity index (χ0v) is 21.3. The van der Waals surface area contributed by atoms with Gasteiger partial charge in [0.2, 0.25) is 5.91 Å². The van der Waals surface area contributed by atoms with E-state index in [1.165, 1.54) is 0 Å². The molecule has 0 unspecified atom stereocenters. The van der Waals surface area contributed by atoms with Gasteiger partial charge >= 0.3 is 0 Å². The number of likely N-dealkylation sites (N-methyl/N-ethyl adjacent to an activating group) is 1. The van der Waals surface area contributed by atoms with Crippen molar-refractivity contribution in [1.82, 2.24) is 19.3 Å². The summed E-state index contributed by atoms with van der Waals surface area (Å²) in [6.45, 7) is 5.85. The molecular weight excluding hydrogens is 456 g/mol. The minimum atomic E-state index is -0.461. The predicted octanol–water partition coefficient (Wildman–Crippen LogP) is 1.83. The molecule has 2 aromatic rings. The van der Waals surface area contributed by atoms with Crippen LogP contribution in [0.3, 0.4) is 0 Å². The first-order valence-electron chi connectivity index (χ1n) is 12.8. The van der Waals surface area contributed by atoms with Crippen LogP contribution in [0, 0.1) is 11.8 Å². The zero-order chi connectivity index (χ0) is 25.4. The standard InChI is InChI=1S/C28H36N4O4/c1-4-7-19-10-11-23-25-21(17-31(23)27(19)34)22(18-33)26(28(35)30-14-12-29(2)13-15-30)32(25)16-20-8-5-6-9-24(20)36-3/h4-11,21-22,25-26,33H,12-18H2,1-3H3/b7-4+/t21-,22-,25+,26-/m1/s1. The molecule has 3 aliphatic heterocycles. The van der Waals surface area contributed by atoms with Crippen molar-refractivity contribution >= 4 is 12.0 Å². The minimum Gasteiger partial charge on any atom is -0.496 e. The van der Waals surface area contributed by atoms with E-state index in [9.17, 15) is 14.7 Å². The third-order valence-electron chi connectivity index (χ3n) is 8.18. The normalized spacial score (nSPS) is 26.4. The Morgan fingerprint density at radius 3 is 2.58 bits per heavy atom. The highest BCUT2D eigenvalue weighted by molar-refractivity contribution is 5.83. The van der Waals surface area contributed by atoms with Gasteiger partial charge in [-0.15, -0.1) is 0 Å². The summed E-state index contributed by atoms with van der Waals surface area (Å²) in [4.78, 5) is 33.7. The van der Waals surface area contributed by atoms with E-state index in [1.54, 1.807) is 7.11 Å². The number of hydrogen-bond donors (Lipinski definition) is 1. The molecule has 1 N–H and O–H groups in total. The van der Waals surface area contributed by atoms with Gasteiger partial charge in [-0.05, 0) is 32.2 Å². The zero-order valence-electron chi connectivity index (χ0n) is 21.3. The fourth-order valence-corrected chi connectivity index (χ4v) is 6.33. The number of fused-ring (bicyclic) bond motifs is 3. The summed E-state index contributed by atoms with van der Waals surface area (Å²) in [6, 6.07) is 11.2. The Kier molecular flexibility index (Phi) is 7.01. The van der Waals surface area contributed by atoms with Crippen LogP contribution >= 0.6 is 0 Å². The number of carbonyl (C=O) groups is 1. The monoisotopic (exact) mass is 492 g/mol. The van der Waals surface area contributed by atoms with Crippen molar-refractivity contribution in [2.24, 2.45) is 11.8 Å². The number of aromatic nitrogens is 1. The quantitative estimate of drug-likeness (QED) is 0.663. The summed E-state index contributed by atoms with van der Waals surface area (Å²) < 4.78 is 7.48. The number of rotatable bonds is 6. The van der Waals surface area contributed by atoms with Crippen molar-refractivity contribution in [3.8, 4) is 5.75 Å². The first-order valence-corrected chi connectivity index (χ1v) is 12.8. The van der Waals surface area contributed by atoms with Crippen molar-refractivity contribution < 1.29 is 14.6 Å². The molecule has 0 aliphatic carbocycles. The predicted molar refractivity (Wildman–Crippen MR) is 139 cm³/mol. The molecule has 5 rings (SSSR count). The van der Waals surface area contributed by atoms with E-state index in [0.29, 0.717) is 31.7 Å². The number of ether oxygens (including phenoxy) is 1. The van der Waals surface area contributed by atoms with Crippen molar-refractivity contribution in [3.05, 3.63) is 69.6 Å². The van der Waals surface area contributed by atoms with E-state index in [4.69, 9.17) is 4.74 Å². The molecule has 0 spiro atoms. The number of methoxy groups -OCH3 is 1. The van der Waals surface area contributed by atoms with Crippen LogP contribution in [0.5, 0.6) is 5.75 Å². The van der Waals surface area contributed by atoms with Crippen molar-refractivity contribution in [2.75, 3.05) is 46.9 Å². The second kappa shape index (κ2) is 10.2. The minimum absolute atomic E-state index is 0.0177. The van der Waals surface area contributed by atoms with E-state index < -0.39 is 6.04 Å². The number of allylic oxidation sites excluding steroid dienone is 1. The maximum atomic E-state index is 14.0. The summed E-state index contributed by atoms with van der Waals surface area (Å²) in [5, 5.41) is 10.6. The van der Waals surface area contributed by atoms with Crippen LogP contribution < -0.4 is 10.3 Å². The Hall–Kier alpha value is -2.94. The van der Waals surface area contributed by atoms with Crippen LogP contribution in [0.4, 0.5) is 0 Å². The maximum absolute atomic E-state index is 14.0. The SMILES string of the molecule is C/C=C/c1ccc2n(c1=O)C[C@@H]1[C@@H](CO)[C@H](C(=O)N3CCN(C)CC3)N(Cc3ccccc3OC)[C@H]21. The molecule has 0 saturated carbocycles. The Morgan fingerprint density at radius 1 is 1.14 bits per heavy atom. The molecule has 2 fully saturated rings. The number of piperazine rings is 1. The lowest BCUT2D eigenvalue weighted by molar-refractivity contribution is -0.140. The molecule has 8 nitrogen and oxygen atoms in total. The van der Waals surface area contributed by atoms with Crippen molar-refractivity contribution in [2.45, 2.75) is 32.1 Å². The van der Waals surface area contributed by atoms with E-state index in [1.807, 2.05) is 64.9 Å². The molecule has 0 radical (unpaired) electrons. The molecular formula is C28H36N4O4. The number of benzene rings is 1. The lowest BCUT2D eigenvalue weighted by atomic mass is 9.88. The molecule has 1 aromatic heterocycles. The summed E-state index contributed by atoms with van der Waals surface area (Å²) in [5.74, 6) is 0.554. The fourth-order valence-electron chi connectivity index (χ4n) is 6.33. The molecule has 8 heteroatoms. The molecule has 1 aromatic carbocycles. The topological polar surface area (TPSA) is 78.2 Å². The van der Waals surface area contributed by atoms with E-state index in [0.717, 1.165) is 30.1 Å². The third kappa shape index (κ3) is 4.17. The number of pyridine rings is 1. The number of amides is 1. The molecule has 0 bridgehead atoms. The number of likely N-dealkylation sites (tertiary alicyclic amines) is 1. The van der Waals surface area contributed by atoms with Gasteiger partial charge in [-0.1, -0.05) is 30.4 Å². The van der Waals surface area contributed by atoms with Crippen LogP contribution in [-0.2, 0) is 17.9 Å². The van der Waals surface area contributed by atoms with Gasteiger partial charge in [0.05, 0.1) is 19.2 Å². The van der Waals surface area contributed by atoms with E-state index in [2.05, 4.69) is 16.8 Å². The van der Waals surface area contributed by atoms with Gasteiger partial charge in [-0.2, -0.15) is 0 Å². The van der Waals surface area contributed by atoms with Crippen LogP contribution in [0.2, 0.25) is 0 Å². The number of carbonyl (C=O) groups excluding carboxylic acids is 1. The molecule has 3 aliphatic rings. The summed E-state index contributed by atoms with van der Waals surface area (Å²) in [7, 11) is 3.73. The van der Waals surface area contributed by atoms with Crippen LogP contribution in [0.15, 0.2) is 47.3 Å². The van der Waals surface area contributed by atoms with Crippen LogP contribution in [0.1, 0.15) is 29.8 Å². The molecule has 192 valence electrons. The van der Waals surface area contributed by atoms with Gasteiger partial charge in [0.25, 0.3) is 5.56 Å². The lowest BCUT2D eigenvalue weighted by Crippen LogP contribution is -2.55. The van der Waals surface area contributed by atoms with Crippen molar-refractivity contribution in [3.63, 3.8) is 0 Å². The largest absolute Gasteiger partial charge is 0.496 e. The first kappa shape index (κ1) is 24.7. The van der Waals surface area contributed by atoms with Crippen molar-refractivity contribution in [1.29, 1.82) is 0 Å². The van der Waals surface area contributed by atoms with E-state index >= 15 is 0 Å². The number of aliphatic hydroxyl groups excluding tert-OH is 1. The second-order valence-corrected chi connectivity index (χ2v) is 10.1. The van der Waals surface area contributed by atoms with E-state index in [-0.39, 0.29) is 36.0 Å². The molecule has 36 heavy (non-hydrogen) atoms. The van der Waals surface area contributed by atoms with Crippen LogP contribution in [-0.4, -0.2) is 83.3 Å². The highest BCUT2D eigenvalue weighted by atomic mass is 16.5. The summed E-state index contributed by atoms with van der Waals surface area (Å²) in [6.07, 6.45) is 3.70. The maximum Gasteiger partial charge on any atom is 0.258 e. The Bertz CT molecular complexity index is 1200. The third-order valence-corrected chi connectivity index (χ3v) is 8.18. The molecule has 4 heterocycles. The Labute approximate surface area is 212 Å². The number of nitrogens with zero attached hydrogens (tertiary/aromatic N) is 4. The highest BCUT2D eigenvalue weighted by Gasteiger charge is 2.56. The number of para-hydroxylation sites is 1. The molecule has 1 amide bonds. The first-order chi connectivity index (χ1) is 17.5. The smallest absolute Gasteiger partial charge is 0.258 e. The molecule has 2 saturated heterocycles. The fraction of sp³-hybridized carbons (Fsp3) is 0.500. The number of hydrogen-bond acceptors (Lipinski definition) is 6.